The average Bonchev–Trinajstić information content (AvgIpc) is 2.64. The Morgan fingerprint density at radius 3 is 1.95 bits per heavy atom. The molecule has 0 saturated carbocycles. The lowest BCUT2D eigenvalue weighted by Crippen LogP contribution is -2.51. The van der Waals surface area contributed by atoms with Crippen molar-refractivity contribution >= 4 is 11.8 Å². The molecular weight excluding hydrogens is 252 g/mol. The minimum atomic E-state index is -0.626. The maximum absolute atomic E-state index is 12.2. The van der Waals surface area contributed by atoms with Crippen molar-refractivity contribution in [1.29, 1.82) is 0 Å². The SMILES string of the molecule is CCCCCC(C)(CCCCC)N1C(=O)CC(N)C1=O. The average molecular weight is 282 g/mol. The molecule has 2 amide bonds. The maximum atomic E-state index is 12.2. The number of hydrogen-bond donors (Lipinski definition) is 1. The number of likely N-dealkylation sites (tertiary alicyclic amines) is 1. The van der Waals surface area contributed by atoms with Gasteiger partial charge in [-0.1, -0.05) is 52.4 Å². The van der Waals surface area contributed by atoms with Crippen molar-refractivity contribution in [1.82, 2.24) is 4.90 Å². The molecule has 1 aliphatic heterocycles. The molecule has 0 radical (unpaired) electrons. The summed E-state index contributed by atoms with van der Waals surface area (Å²) < 4.78 is 0. The van der Waals surface area contributed by atoms with Crippen molar-refractivity contribution in [2.75, 3.05) is 0 Å². The third kappa shape index (κ3) is 4.05. The van der Waals surface area contributed by atoms with Gasteiger partial charge in [-0.2, -0.15) is 0 Å². The van der Waals surface area contributed by atoms with Crippen molar-refractivity contribution in [2.45, 2.75) is 90.1 Å². The minimum absolute atomic E-state index is 0.0852. The van der Waals surface area contributed by atoms with Gasteiger partial charge in [-0.3, -0.25) is 14.5 Å². The largest absolute Gasteiger partial charge is 0.319 e. The molecule has 116 valence electrons. The molecule has 1 rings (SSSR count). The molecule has 2 N–H and O–H groups in total. The quantitative estimate of drug-likeness (QED) is 0.522. The summed E-state index contributed by atoms with van der Waals surface area (Å²) in [5, 5.41) is 0. The van der Waals surface area contributed by atoms with Crippen LogP contribution in [0.4, 0.5) is 0 Å². The number of nitrogens with two attached hydrogens (primary N) is 1. The molecule has 4 nitrogen and oxygen atoms in total. The Kier molecular flexibility index (Phi) is 6.66. The highest BCUT2D eigenvalue weighted by Crippen LogP contribution is 2.33. The Balaban J connectivity index is 2.79. The second-order valence-electron chi connectivity index (χ2n) is 6.29. The maximum Gasteiger partial charge on any atom is 0.247 e. The Hall–Kier alpha value is -0.900. The van der Waals surface area contributed by atoms with Gasteiger partial charge in [-0.15, -0.1) is 0 Å². The van der Waals surface area contributed by atoms with Crippen LogP contribution in [0.2, 0.25) is 0 Å². The molecule has 0 aromatic heterocycles. The summed E-state index contributed by atoms with van der Waals surface area (Å²) in [5.41, 5.74) is 5.41. The van der Waals surface area contributed by atoms with Crippen LogP contribution in [0.5, 0.6) is 0 Å². The number of imide groups is 1. The van der Waals surface area contributed by atoms with Gasteiger partial charge in [-0.05, 0) is 19.8 Å². The molecule has 1 aliphatic rings. The number of unbranched alkanes of at least 4 members (excludes halogenated alkanes) is 4. The smallest absolute Gasteiger partial charge is 0.247 e. The first-order chi connectivity index (χ1) is 9.46. The van der Waals surface area contributed by atoms with E-state index in [9.17, 15) is 9.59 Å². The predicted octanol–water partition coefficient (Wildman–Crippen LogP) is 2.99. The van der Waals surface area contributed by atoms with Gasteiger partial charge in [0, 0.05) is 5.54 Å². The zero-order chi connectivity index (χ0) is 15.2. The van der Waals surface area contributed by atoms with Crippen molar-refractivity contribution in [3.63, 3.8) is 0 Å². The highest BCUT2D eigenvalue weighted by Gasteiger charge is 2.45. The van der Waals surface area contributed by atoms with E-state index in [0.717, 1.165) is 51.4 Å². The Morgan fingerprint density at radius 1 is 1.10 bits per heavy atom. The molecule has 0 spiro atoms. The summed E-state index contributed by atoms with van der Waals surface area (Å²) in [4.78, 5) is 25.8. The zero-order valence-corrected chi connectivity index (χ0v) is 13.3. The number of amides is 2. The fraction of sp³-hybridized carbons (Fsp3) is 0.875. The molecule has 1 atom stereocenters. The van der Waals surface area contributed by atoms with E-state index >= 15 is 0 Å². The highest BCUT2D eigenvalue weighted by molar-refractivity contribution is 6.06. The van der Waals surface area contributed by atoms with E-state index in [-0.39, 0.29) is 23.8 Å². The number of nitrogens with zero attached hydrogens (tertiary/aromatic N) is 1. The monoisotopic (exact) mass is 282 g/mol. The first-order valence-electron chi connectivity index (χ1n) is 8.08. The highest BCUT2D eigenvalue weighted by atomic mass is 16.2. The summed E-state index contributed by atoms with van der Waals surface area (Å²) in [6.07, 6.45) is 8.67. The van der Waals surface area contributed by atoms with Gasteiger partial charge in [0.1, 0.15) is 0 Å². The molecule has 0 aromatic rings. The Labute approximate surface area is 123 Å². The van der Waals surface area contributed by atoms with Crippen molar-refractivity contribution in [3.8, 4) is 0 Å². The minimum Gasteiger partial charge on any atom is -0.319 e. The van der Waals surface area contributed by atoms with E-state index in [2.05, 4.69) is 20.8 Å². The first-order valence-corrected chi connectivity index (χ1v) is 8.08. The molecule has 4 heteroatoms. The van der Waals surface area contributed by atoms with Crippen LogP contribution >= 0.6 is 0 Å². The molecule has 20 heavy (non-hydrogen) atoms. The second-order valence-corrected chi connectivity index (χ2v) is 6.29. The van der Waals surface area contributed by atoms with Crippen LogP contribution in [-0.2, 0) is 9.59 Å². The summed E-state index contributed by atoms with van der Waals surface area (Å²) in [7, 11) is 0. The lowest BCUT2D eigenvalue weighted by molar-refractivity contribution is -0.146. The number of hydrogen-bond acceptors (Lipinski definition) is 3. The van der Waals surface area contributed by atoms with Crippen LogP contribution in [0.25, 0.3) is 0 Å². The van der Waals surface area contributed by atoms with E-state index in [1.165, 1.54) is 4.90 Å². The zero-order valence-electron chi connectivity index (χ0n) is 13.3. The number of carbonyl (C=O) groups excluding carboxylic acids is 2. The molecule has 0 aliphatic carbocycles. The number of rotatable bonds is 9. The second kappa shape index (κ2) is 7.77. The molecule has 1 unspecified atom stereocenters. The predicted molar refractivity (Wildman–Crippen MR) is 81.1 cm³/mol. The molecule has 1 heterocycles. The lowest BCUT2D eigenvalue weighted by Gasteiger charge is -2.38. The molecule has 0 bridgehead atoms. The van der Waals surface area contributed by atoms with Gasteiger partial charge in [0.2, 0.25) is 11.8 Å². The van der Waals surface area contributed by atoms with Gasteiger partial charge >= 0.3 is 0 Å². The normalized spacial score (nSPS) is 20.0. The molecular formula is C16H30N2O2. The standard InChI is InChI=1S/C16H30N2O2/c1-4-6-8-10-16(3,11-9-7-5-2)18-14(19)12-13(17)15(18)20/h13H,4-12,17H2,1-3H3. The van der Waals surface area contributed by atoms with Crippen molar-refractivity contribution in [2.24, 2.45) is 5.73 Å². The fourth-order valence-electron chi connectivity index (χ4n) is 3.08. The fourth-order valence-corrected chi connectivity index (χ4v) is 3.08. The third-order valence-electron chi connectivity index (χ3n) is 4.36. The third-order valence-corrected chi connectivity index (χ3v) is 4.36. The topological polar surface area (TPSA) is 63.4 Å². The van der Waals surface area contributed by atoms with Gasteiger partial charge < -0.3 is 5.73 Å². The summed E-state index contributed by atoms with van der Waals surface area (Å²) in [5.74, 6) is -0.261. The van der Waals surface area contributed by atoms with E-state index in [4.69, 9.17) is 5.73 Å². The van der Waals surface area contributed by atoms with Gasteiger partial charge in [0.25, 0.3) is 0 Å². The van der Waals surface area contributed by atoms with Crippen molar-refractivity contribution < 1.29 is 9.59 Å². The lowest BCUT2D eigenvalue weighted by atomic mass is 9.86. The van der Waals surface area contributed by atoms with Crippen LogP contribution in [-0.4, -0.2) is 28.3 Å². The van der Waals surface area contributed by atoms with Crippen LogP contribution in [0.3, 0.4) is 0 Å². The summed E-state index contributed by atoms with van der Waals surface area (Å²) in [6, 6.07) is -0.626. The first kappa shape index (κ1) is 17.2. The van der Waals surface area contributed by atoms with Crippen molar-refractivity contribution in [3.05, 3.63) is 0 Å². The Morgan fingerprint density at radius 2 is 1.60 bits per heavy atom. The van der Waals surface area contributed by atoms with E-state index in [1.807, 2.05) is 0 Å². The molecule has 1 fully saturated rings. The molecule has 1 saturated heterocycles. The van der Waals surface area contributed by atoms with E-state index in [1.54, 1.807) is 0 Å². The van der Waals surface area contributed by atoms with Gasteiger partial charge in [-0.25, -0.2) is 0 Å². The van der Waals surface area contributed by atoms with Gasteiger partial charge in [0.05, 0.1) is 12.5 Å². The van der Waals surface area contributed by atoms with Crippen LogP contribution in [0.1, 0.15) is 78.6 Å². The molecule has 0 aromatic carbocycles. The summed E-state index contributed by atoms with van der Waals surface area (Å²) in [6.45, 7) is 6.39. The number of carbonyl (C=O) groups is 2. The van der Waals surface area contributed by atoms with E-state index < -0.39 is 6.04 Å². The van der Waals surface area contributed by atoms with Crippen LogP contribution in [0.15, 0.2) is 0 Å². The van der Waals surface area contributed by atoms with Crippen LogP contribution < -0.4 is 5.73 Å². The Bertz CT molecular complexity index is 331. The van der Waals surface area contributed by atoms with Gasteiger partial charge in [0.15, 0.2) is 0 Å². The van der Waals surface area contributed by atoms with Crippen LogP contribution in [0, 0.1) is 0 Å². The van der Waals surface area contributed by atoms with E-state index in [0.29, 0.717) is 0 Å². The summed E-state index contributed by atoms with van der Waals surface area (Å²) >= 11 is 0.